The van der Waals surface area contributed by atoms with Crippen molar-refractivity contribution < 1.29 is 14.3 Å². The molecular weight excluding hydrogens is 344 g/mol. The van der Waals surface area contributed by atoms with E-state index in [9.17, 15) is 4.79 Å². The topological polar surface area (TPSA) is 98.0 Å². The summed E-state index contributed by atoms with van der Waals surface area (Å²) in [6.45, 7) is 9.22. The number of aliphatic imine (C=N–C) groups is 1. The van der Waals surface area contributed by atoms with Crippen LogP contribution in [0.3, 0.4) is 0 Å². The highest BCUT2D eigenvalue weighted by atomic mass is 16.5. The van der Waals surface area contributed by atoms with Gasteiger partial charge in [0.2, 0.25) is 5.91 Å². The fraction of sp³-hybridized carbons (Fsp3) is 0.600. The number of ether oxygens (including phenoxy) is 2. The van der Waals surface area contributed by atoms with Crippen molar-refractivity contribution in [3.8, 4) is 5.75 Å². The first-order chi connectivity index (χ1) is 13.1. The van der Waals surface area contributed by atoms with Crippen LogP contribution in [-0.2, 0) is 9.53 Å². The Labute approximate surface area is 162 Å². The summed E-state index contributed by atoms with van der Waals surface area (Å²) in [6.07, 6.45) is 1.96. The van der Waals surface area contributed by atoms with Gasteiger partial charge in [0.25, 0.3) is 0 Å². The number of amides is 1. The lowest BCUT2D eigenvalue weighted by atomic mass is 10.1. The van der Waals surface area contributed by atoms with E-state index in [0.717, 1.165) is 30.9 Å². The summed E-state index contributed by atoms with van der Waals surface area (Å²) in [4.78, 5) is 16.3. The lowest BCUT2D eigenvalue weighted by Gasteiger charge is -2.15. The van der Waals surface area contributed by atoms with Crippen molar-refractivity contribution in [2.75, 3.05) is 32.9 Å². The molecule has 1 amide bonds. The summed E-state index contributed by atoms with van der Waals surface area (Å²) in [5, 5.41) is 6.03. The fourth-order valence-electron chi connectivity index (χ4n) is 2.45. The maximum absolute atomic E-state index is 12.1. The monoisotopic (exact) mass is 378 g/mol. The van der Waals surface area contributed by atoms with Crippen LogP contribution in [-0.4, -0.2) is 44.8 Å². The van der Waals surface area contributed by atoms with Crippen LogP contribution in [0.5, 0.6) is 5.75 Å². The van der Waals surface area contributed by atoms with E-state index in [1.165, 1.54) is 0 Å². The second kappa shape index (κ2) is 13.9. The number of hydrogen-bond acceptors (Lipinski definition) is 4. The molecule has 1 atom stereocenters. The Hall–Kier alpha value is -2.28. The Bertz CT molecular complexity index is 561. The van der Waals surface area contributed by atoms with Crippen LogP contribution >= 0.6 is 0 Å². The first-order valence-electron chi connectivity index (χ1n) is 9.70. The van der Waals surface area contributed by atoms with Gasteiger partial charge in [-0.1, -0.05) is 12.1 Å². The van der Waals surface area contributed by atoms with Crippen LogP contribution in [0.15, 0.2) is 29.3 Å². The van der Waals surface area contributed by atoms with Crippen molar-refractivity contribution in [3.63, 3.8) is 0 Å². The number of hydrogen-bond donors (Lipinski definition) is 3. The fourth-order valence-corrected chi connectivity index (χ4v) is 2.45. The second-order valence-corrected chi connectivity index (χ2v) is 6.14. The number of nitrogens with one attached hydrogen (secondary N) is 2. The van der Waals surface area contributed by atoms with Gasteiger partial charge >= 0.3 is 0 Å². The minimum absolute atomic E-state index is 0.00910. The molecule has 0 aliphatic carbocycles. The molecule has 0 heterocycles. The number of nitrogens with two attached hydrogens (primary N) is 1. The number of benzene rings is 1. The highest BCUT2D eigenvalue weighted by Crippen LogP contribution is 2.17. The Balaban J connectivity index is 2.21. The predicted octanol–water partition coefficient (Wildman–Crippen LogP) is 2.37. The van der Waals surface area contributed by atoms with E-state index in [1.807, 2.05) is 45.0 Å². The smallest absolute Gasteiger partial charge is 0.220 e. The van der Waals surface area contributed by atoms with Crippen molar-refractivity contribution in [1.29, 1.82) is 0 Å². The molecule has 1 aromatic rings. The lowest BCUT2D eigenvalue weighted by molar-refractivity contribution is -0.121. The molecule has 27 heavy (non-hydrogen) atoms. The molecule has 4 N–H and O–H groups in total. The van der Waals surface area contributed by atoms with Gasteiger partial charge in [0.05, 0.1) is 12.6 Å². The molecule has 0 saturated carbocycles. The highest BCUT2D eigenvalue weighted by molar-refractivity contribution is 5.78. The minimum atomic E-state index is -0.0475. The van der Waals surface area contributed by atoms with Crippen LogP contribution < -0.4 is 21.1 Å². The van der Waals surface area contributed by atoms with Crippen LogP contribution in [0.2, 0.25) is 0 Å². The summed E-state index contributed by atoms with van der Waals surface area (Å²) in [6, 6.07) is 7.73. The zero-order valence-electron chi connectivity index (χ0n) is 16.8. The zero-order valence-corrected chi connectivity index (χ0v) is 16.8. The molecule has 0 aromatic heterocycles. The minimum Gasteiger partial charge on any atom is -0.494 e. The van der Waals surface area contributed by atoms with Gasteiger partial charge in [0.1, 0.15) is 5.75 Å². The molecule has 0 fully saturated rings. The molecule has 1 aromatic carbocycles. The molecule has 0 spiro atoms. The van der Waals surface area contributed by atoms with Crippen molar-refractivity contribution in [2.45, 2.75) is 46.1 Å². The van der Waals surface area contributed by atoms with Gasteiger partial charge < -0.3 is 25.8 Å². The average molecular weight is 379 g/mol. The number of nitrogens with zero attached hydrogens (tertiary/aromatic N) is 1. The Kier molecular flexibility index (Phi) is 11.7. The van der Waals surface area contributed by atoms with Crippen LogP contribution in [0.25, 0.3) is 0 Å². The van der Waals surface area contributed by atoms with Crippen LogP contribution in [0.4, 0.5) is 0 Å². The third-order valence-corrected chi connectivity index (χ3v) is 3.89. The van der Waals surface area contributed by atoms with Gasteiger partial charge in [0, 0.05) is 32.7 Å². The average Bonchev–Trinajstić information content (AvgIpc) is 2.66. The summed E-state index contributed by atoms with van der Waals surface area (Å²) in [7, 11) is 0. The summed E-state index contributed by atoms with van der Waals surface area (Å²) >= 11 is 0. The Morgan fingerprint density at radius 2 is 1.93 bits per heavy atom. The van der Waals surface area contributed by atoms with Crippen molar-refractivity contribution in [3.05, 3.63) is 29.8 Å². The van der Waals surface area contributed by atoms with Gasteiger partial charge in [0.15, 0.2) is 5.96 Å². The molecule has 152 valence electrons. The molecule has 1 unspecified atom stereocenters. The van der Waals surface area contributed by atoms with E-state index in [1.54, 1.807) is 0 Å². The SMILES string of the molecule is CCOCCCNC(N)=NCCCC(=O)NC(C)c1ccc(OCC)cc1. The highest BCUT2D eigenvalue weighted by Gasteiger charge is 2.09. The molecule has 0 aliphatic rings. The zero-order chi connectivity index (χ0) is 19.9. The first-order valence-corrected chi connectivity index (χ1v) is 9.70. The normalized spacial score (nSPS) is 12.5. The molecule has 0 aliphatic heterocycles. The summed E-state index contributed by atoms with van der Waals surface area (Å²) in [5.41, 5.74) is 6.83. The molecule has 7 heteroatoms. The van der Waals surface area contributed by atoms with Gasteiger partial charge in [-0.15, -0.1) is 0 Å². The van der Waals surface area contributed by atoms with Gasteiger partial charge in [-0.3, -0.25) is 9.79 Å². The number of carbonyl (C=O) groups excluding carboxylic acids is 1. The van der Waals surface area contributed by atoms with E-state index < -0.39 is 0 Å². The van der Waals surface area contributed by atoms with Gasteiger partial charge in [-0.05, 0) is 51.3 Å². The third-order valence-electron chi connectivity index (χ3n) is 3.89. The van der Waals surface area contributed by atoms with Crippen molar-refractivity contribution in [2.24, 2.45) is 10.7 Å². The van der Waals surface area contributed by atoms with E-state index in [-0.39, 0.29) is 11.9 Å². The molecule has 7 nitrogen and oxygen atoms in total. The van der Waals surface area contributed by atoms with E-state index >= 15 is 0 Å². The Morgan fingerprint density at radius 1 is 1.19 bits per heavy atom. The molecule has 1 rings (SSSR count). The summed E-state index contributed by atoms with van der Waals surface area (Å²) < 4.78 is 10.7. The second-order valence-electron chi connectivity index (χ2n) is 6.14. The van der Waals surface area contributed by atoms with Crippen LogP contribution in [0.1, 0.15) is 51.6 Å². The molecule has 0 saturated heterocycles. The van der Waals surface area contributed by atoms with Gasteiger partial charge in [-0.25, -0.2) is 0 Å². The predicted molar refractivity (Wildman–Crippen MR) is 109 cm³/mol. The maximum atomic E-state index is 12.1. The quantitative estimate of drug-likeness (QED) is 0.278. The number of guanidine groups is 1. The standard InChI is InChI=1S/C20H34N4O3/c1-4-26-15-7-14-23-20(21)22-13-6-8-19(25)24-16(3)17-9-11-18(12-10-17)27-5-2/h9-12,16H,4-8,13-15H2,1-3H3,(H,24,25)(H3,21,22,23). The van der Waals surface area contributed by atoms with E-state index in [2.05, 4.69) is 15.6 Å². The van der Waals surface area contributed by atoms with E-state index in [0.29, 0.717) is 38.6 Å². The first kappa shape index (κ1) is 22.8. The van der Waals surface area contributed by atoms with Crippen LogP contribution in [0, 0.1) is 0 Å². The molecular formula is C20H34N4O3. The van der Waals surface area contributed by atoms with Crippen molar-refractivity contribution in [1.82, 2.24) is 10.6 Å². The lowest BCUT2D eigenvalue weighted by Crippen LogP contribution is -2.33. The number of rotatable bonds is 13. The van der Waals surface area contributed by atoms with Gasteiger partial charge in [-0.2, -0.15) is 0 Å². The maximum Gasteiger partial charge on any atom is 0.220 e. The molecule has 0 radical (unpaired) electrons. The molecule has 0 bridgehead atoms. The largest absolute Gasteiger partial charge is 0.494 e. The Morgan fingerprint density at radius 3 is 2.59 bits per heavy atom. The number of carbonyl (C=O) groups is 1. The van der Waals surface area contributed by atoms with E-state index in [4.69, 9.17) is 15.2 Å². The summed E-state index contributed by atoms with van der Waals surface area (Å²) in [5.74, 6) is 1.26. The third kappa shape index (κ3) is 10.5. The van der Waals surface area contributed by atoms with Crippen molar-refractivity contribution >= 4 is 11.9 Å².